The molecule has 0 amide bonds. The highest BCUT2D eigenvalue weighted by atomic mass is 19.1. The van der Waals surface area contributed by atoms with Gasteiger partial charge in [0.2, 0.25) is 0 Å². The number of rotatable bonds is 2. The van der Waals surface area contributed by atoms with Gasteiger partial charge in [-0.05, 0) is 31.2 Å². The minimum Gasteiger partial charge on any atom is -0.388 e. The minimum absolute atomic E-state index is 0.123. The fourth-order valence-electron chi connectivity index (χ4n) is 1.49. The molecular formula is C11H11FN2O. The first-order valence-electron chi connectivity index (χ1n) is 4.63. The molecule has 0 bridgehead atoms. The minimum atomic E-state index is -0.269. The van der Waals surface area contributed by atoms with E-state index in [2.05, 4.69) is 9.97 Å². The monoisotopic (exact) mass is 206 g/mol. The average molecular weight is 206 g/mol. The fourth-order valence-corrected chi connectivity index (χ4v) is 1.49. The molecule has 0 saturated carbocycles. The molecule has 0 unspecified atom stereocenters. The van der Waals surface area contributed by atoms with Crippen molar-refractivity contribution in [3.05, 3.63) is 41.6 Å². The molecule has 0 fully saturated rings. The van der Waals surface area contributed by atoms with E-state index in [0.29, 0.717) is 5.82 Å². The van der Waals surface area contributed by atoms with Crippen LogP contribution in [0.2, 0.25) is 0 Å². The Labute approximate surface area is 86.6 Å². The van der Waals surface area contributed by atoms with Crippen molar-refractivity contribution in [3.63, 3.8) is 0 Å². The molecule has 15 heavy (non-hydrogen) atoms. The largest absolute Gasteiger partial charge is 0.388 e. The first kappa shape index (κ1) is 9.86. The number of aromatic amines is 1. The van der Waals surface area contributed by atoms with Crippen molar-refractivity contribution >= 4 is 0 Å². The summed E-state index contributed by atoms with van der Waals surface area (Å²) in [4.78, 5) is 7.15. The summed E-state index contributed by atoms with van der Waals surface area (Å²) in [5, 5.41) is 8.91. The summed E-state index contributed by atoms with van der Waals surface area (Å²) >= 11 is 0. The zero-order valence-electron chi connectivity index (χ0n) is 8.29. The van der Waals surface area contributed by atoms with E-state index < -0.39 is 0 Å². The van der Waals surface area contributed by atoms with Crippen LogP contribution < -0.4 is 0 Å². The molecule has 0 spiro atoms. The molecule has 1 aromatic heterocycles. The van der Waals surface area contributed by atoms with E-state index in [0.717, 1.165) is 17.0 Å². The van der Waals surface area contributed by atoms with Crippen LogP contribution >= 0.6 is 0 Å². The highest BCUT2D eigenvalue weighted by molar-refractivity contribution is 5.61. The first-order chi connectivity index (χ1) is 7.20. The Morgan fingerprint density at radius 3 is 2.53 bits per heavy atom. The second kappa shape index (κ2) is 3.82. The lowest BCUT2D eigenvalue weighted by atomic mass is 10.1. The fraction of sp³-hybridized carbons (Fsp3) is 0.182. The quantitative estimate of drug-likeness (QED) is 0.789. The van der Waals surface area contributed by atoms with E-state index in [-0.39, 0.29) is 12.4 Å². The van der Waals surface area contributed by atoms with Gasteiger partial charge in [-0.3, -0.25) is 0 Å². The Morgan fingerprint density at radius 2 is 2.00 bits per heavy atom. The van der Waals surface area contributed by atoms with E-state index in [1.54, 1.807) is 12.1 Å². The second-order valence-electron chi connectivity index (χ2n) is 3.32. The van der Waals surface area contributed by atoms with E-state index >= 15 is 0 Å². The number of aryl methyl sites for hydroxylation is 1. The van der Waals surface area contributed by atoms with Crippen LogP contribution in [-0.2, 0) is 6.61 Å². The molecule has 0 saturated heterocycles. The van der Waals surface area contributed by atoms with Crippen LogP contribution in [0.1, 0.15) is 11.5 Å². The van der Waals surface area contributed by atoms with Gasteiger partial charge in [0, 0.05) is 11.3 Å². The van der Waals surface area contributed by atoms with Crippen LogP contribution in [0, 0.1) is 12.7 Å². The number of halogens is 1. The number of benzene rings is 1. The number of nitrogens with one attached hydrogen (secondary N) is 1. The lowest BCUT2D eigenvalue weighted by Gasteiger charge is -1.97. The van der Waals surface area contributed by atoms with Crippen LogP contribution in [0.5, 0.6) is 0 Å². The molecule has 1 aromatic carbocycles. The molecule has 0 atom stereocenters. The Kier molecular flexibility index (Phi) is 2.51. The summed E-state index contributed by atoms with van der Waals surface area (Å²) in [5.74, 6) is 0.251. The van der Waals surface area contributed by atoms with Crippen LogP contribution in [-0.4, -0.2) is 15.1 Å². The summed E-state index contributed by atoms with van der Waals surface area (Å²) in [5.41, 5.74) is 2.45. The van der Waals surface area contributed by atoms with Crippen LogP contribution in [0.15, 0.2) is 24.3 Å². The molecule has 2 aromatic rings. The number of aromatic nitrogens is 2. The summed E-state index contributed by atoms with van der Waals surface area (Å²) in [6, 6.07) is 6.11. The maximum atomic E-state index is 12.7. The lowest BCUT2D eigenvalue weighted by Crippen LogP contribution is -1.84. The number of hydrogen-bond acceptors (Lipinski definition) is 2. The second-order valence-corrected chi connectivity index (χ2v) is 3.32. The Bertz CT molecular complexity index is 462. The average Bonchev–Trinajstić information content (AvgIpc) is 2.61. The predicted molar refractivity (Wildman–Crippen MR) is 54.6 cm³/mol. The lowest BCUT2D eigenvalue weighted by molar-refractivity contribution is 0.272. The van der Waals surface area contributed by atoms with Gasteiger partial charge in [-0.2, -0.15) is 0 Å². The van der Waals surface area contributed by atoms with Crippen LogP contribution in [0.25, 0.3) is 11.3 Å². The normalized spacial score (nSPS) is 10.6. The van der Waals surface area contributed by atoms with E-state index in [1.807, 2.05) is 6.92 Å². The van der Waals surface area contributed by atoms with Crippen LogP contribution in [0.3, 0.4) is 0 Å². The van der Waals surface area contributed by atoms with E-state index in [4.69, 9.17) is 5.11 Å². The molecule has 78 valence electrons. The van der Waals surface area contributed by atoms with Gasteiger partial charge < -0.3 is 10.1 Å². The van der Waals surface area contributed by atoms with Crippen molar-refractivity contribution in [1.29, 1.82) is 0 Å². The zero-order chi connectivity index (χ0) is 10.8. The highest BCUT2D eigenvalue weighted by Crippen LogP contribution is 2.21. The van der Waals surface area contributed by atoms with Gasteiger partial charge in [0.25, 0.3) is 0 Å². The summed E-state index contributed by atoms with van der Waals surface area (Å²) in [6.45, 7) is 1.74. The standard InChI is InChI=1S/C11H11FN2O/c1-7-11(14-10(6-15)13-7)8-2-4-9(12)5-3-8/h2-5,15H,6H2,1H3,(H,13,14). The molecule has 0 aliphatic carbocycles. The van der Waals surface area contributed by atoms with Crippen molar-refractivity contribution in [1.82, 2.24) is 9.97 Å². The molecular weight excluding hydrogens is 195 g/mol. The molecule has 4 heteroatoms. The van der Waals surface area contributed by atoms with E-state index in [9.17, 15) is 4.39 Å². The molecule has 0 aliphatic heterocycles. The van der Waals surface area contributed by atoms with Gasteiger partial charge in [0.1, 0.15) is 18.2 Å². The van der Waals surface area contributed by atoms with Crippen LogP contribution in [0.4, 0.5) is 4.39 Å². The smallest absolute Gasteiger partial charge is 0.132 e. The van der Waals surface area contributed by atoms with Crippen molar-refractivity contribution in [2.45, 2.75) is 13.5 Å². The van der Waals surface area contributed by atoms with E-state index in [1.165, 1.54) is 12.1 Å². The van der Waals surface area contributed by atoms with Gasteiger partial charge in [0.05, 0.1) is 5.69 Å². The maximum absolute atomic E-state index is 12.7. The summed E-state index contributed by atoms with van der Waals surface area (Å²) < 4.78 is 12.7. The first-order valence-corrected chi connectivity index (χ1v) is 4.63. The molecule has 2 N–H and O–H groups in total. The Balaban J connectivity index is 2.44. The van der Waals surface area contributed by atoms with Gasteiger partial charge in [0.15, 0.2) is 0 Å². The number of H-pyrrole nitrogens is 1. The topological polar surface area (TPSA) is 48.9 Å². The zero-order valence-corrected chi connectivity index (χ0v) is 8.29. The van der Waals surface area contributed by atoms with Gasteiger partial charge in [-0.25, -0.2) is 9.37 Å². The highest BCUT2D eigenvalue weighted by Gasteiger charge is 2.07. The summed E-state index contributed by atoms with van der Waals surface area (Å²) in [7, 11) is 0. The third kappa shape index (κ3) is 1.89. The molecule has 0 radical (unpaired) electrons. The third-order valence-corrected chi connectivity index (χ3v) is 2.20. The van der Waals surface area contributed by atoms with Gasteiger partial charge >= 0.3 is 0 Å². The molecule has 3 nitrogen and oxygen atoms in total. The number of imidazole rings is 1. The number of nitrogens with zero attached hydrogens (tertiary/aromatic N) is 1. The number of aliphatic hydroxyl groups excluding tert-OH is 1. The third-order valence-electron chi connectivity index (χ3n) is 2.20. The predicted octanol–water partition coefficient (Wildman–Crippen LogP) is 2.02. The van der Waals surface area contributed by atoms with Crippen molar-refractivity contribution in [2.24, 2.45) is 0 Å². The molecule has 1 heterocycles. The number of hydrogen-bond donors (Lipinski definition) is 2. The maximum Gasteiger partial charge on any atom is 0.132 e. The molecule has 0 aliphatic rings. The van der Waals surface area contributed by atoms with Gasteiger partial charge in [-0.15, -0.1) is 0 Å². The molecule has 2 rings (SSSR count). The Morgan fingerprint density at radius 1 is 1.33 bits per heavy atom. The SMILES string of the molecule is Cc1[nH]c(CO)nc1-c1ccc(F)cc1. The van der Waals surface area contributed by atoms with Gasteiger partial charge in [-0.1, -0.05) is 0 Å². The Hall–Kier alpha value is -1.68. The number of aliphatic hydroxyl groups is 1. The van der Waals surface area contributed by atoms with Crippen molar-refractivity contribution < 1.29 is 9.50 Å². The summed E-state index contributed by atoms with van der Waals surface area (Å²) in [6.07, 6.45) is 0. The van der Waals surface area contributed by atoms with Crippen molar-refractivity contribution in [2.75, 3.05) is 0 Å². The van der Waals surface area contributed by atoms with Crippen molar-refractivity contribution in [3.8, 4) is 11.3 Å².